The van der Waals surface area contributed by atoms with Gasteiger partial charge in [0.2, 0.25) is 0 Å². The standard InChI is InChI=1S/C13H17N3/c1-9-6-13(16(2)3)15-12-7-10(8-14)4-5-11(9)12/h4-7H,8,14H2,1-3H3. The number of fused-ring (bicyclic) bond motifs is 1. The van der Waals surface area contributed by atoms with E-state index in [2.05, 4.69) is 36.2 Å². The second kappa shape index (κ2) is 4.10. The third kappa shape index (κ3) is 1.86. The van der Waals surface area contributed by atoms with E-state index in [9.17, 15) is 0 Å². The first-order chi connectivity index (χ1) is 7.61. The molecule has 3 nitrogen and oxygen atoms in total. The number of benzene rings is 1. The Kier molecular flexibility index (Phi) is 2.79. The smallest absolute Gasteiger partial charge is 0.128 e. The number of pyridine rings is 1. The van der Waals surface area contributed by atoms with Crippen molar-refractivity contribution in [2.45, 2.75) is 13.5 Å². The van der Waals surface area contributed by atoms with Crippen LogP contribution < -0.4 is 10.6 Å². The molecule has 2 rings (SSSR count). The number of hydrogen-bond acceptors (Lipinski definition) is 3. The second-order valence-corrected chi connectivity index (χ2v) is 4.25. The van der Waals surface area contributed by atoms with E-state index in [1.165, 1.54) is 10.9 Å². The van der Waals surface area contributed by atoms with Crippen molar-refractivity contribution < 1.29 is 0 Å². The summed E-state index contributed by atoms with van der Waals surface area (Å²) in [7, 11) is 4.00. The van der Waals surface area contributed by atoms with Crippen LogP contribution >= 0.6 is 0 Å². The fraction of sp³-hybridized carbons (Fsp3) is 0.308. The third-order valence-corrected chi connectivity index (χ3v) is 2.76. The van der Waals surface area contributed by atoms with Crippen molar-refractivity contribution in [3.8, 4) is 0 Å². The molecule has 0 bridgehead atoms. The van der Waals surface area contributed by atoms with Crippen molar-refractivity contribution in [1.82, 2.24) is 4.98 Å². The lowest BCUT2D eigenvalue weighted by Gasteiger charge is -2.14. The average molecular weight is 215 g/mol. The minimum atomic E-state index is 0.558. The van der Waals surface area contributed by atoms with Crippen LogP contribution in [0.25, 0.3) is 10.9 Å². The molecule has 16 heavy (non-hydrogen) atoms. The molecule has 0 aliphatic heterocycles. The summed E-state index contributed by atoms with van der Waals surface area (Å²) < 4.78 is 0. The van der Waals surface area contributed by atoms with Gasteiger partial charge >= 0.3 is 0 Å². The van der Waals surface area contributed by atoms with Gasteiger partial charge in [0.25, 0.3) is 0 Å². The molecule has 0 spiro atoms. The normalized spacial score (nSPS) is 10.8. The highest BCUT2D eigenvalue weighted by atomic mass is 15.1. The van der Waals surface area contributed by atoms with E-state index in [-0.39, 0.29) is 0 Å². The van der Waals surface area contributed by atoms with Gasteiger partial charge in [-0.3, -0.25) is 0 Å². The van der Waals surface area contributed by atoms with E-state index < -0.39 is 0 Å². The molecular weight excluding hydrogens is 198 g/mol. The Balaban J connectivity index is 2.68. The summed E-state index contributed by atoms with van der Waals surface area (Å²) >= 11 is 0. The third-order valence-electron chi connectivity index (χ3n) is 2.76. The van der Waals surface area contributed by atoms with Crippen molar-refractivity contribution in [3.63, 3.8) is 0 Å². The highest BCUT2D eigenvalue weighted by molar-refractivity contribution is 5.84. The zero-order valence-electron chi connectivity index (χ0n) is 9.99. The summed E-state index contributed by atoms with van der Waals surface area (Å²) in [6, 6.07) is 8.32. The minimum Gasteiger partial charge on any atom is -0.363 e. The molecule has 1 aromatic carbocycles. The highest BCUT2D eigenvalue weighted by Gasteiger charge is 2.04. The van der Waals surface area contributed by atoms with Crippen LogP contribution in [0.15, 0.2) is 24.3 Å². The Hall–Kier alpha value is -1.61. The van der Waals surface area contributed by atoms with E-state index in [0.29, 0.717) is 6.54 Å². The lowest BCUT2D eigenvalue weighted by molar-refractivity contribution is 1.06. The minimum absolute atomic E-state index is 0.558. The first kappa shape index (κ1) is 10.9. The summed E-state index contributed by atoms with van der Waals surface area (Å²) in [6.45, 7) is 2.67. The van der Waals surface area contributed by atoms with Crippen molar-refractivity contribution >= 4 is 16.7 Å². The zero-order valence-corrected chi connectivity index (χ0v) is 9.99. The molecule has 3 heteroatoms. The van der Waals surface area contributed by atoms with Crippen molar-refractivity contribution in [1.29, 1.82) is 0 Å². The fourth-order valence-electron chi connectivity index (χ4n) is 1.79. The van der Waals surface area contributed by atoms with Crippen LogP contribution in [0.2, 0.25) is 0 Å². The van der Waals surface area contributed by atoms with Gasteiger partial charge in [0, 0.05) is 26.0 Å². The average Bonchev–Trinajstić information content (AvgIpc) is 2.28. The van der Waals surface area contributed by atoms with Crippen molar-refractivity contribution in [2.75, 3.05) is 19.0 Å². The molecule has 0 aliphatic rings. The van der Waals surface area contributed by atoms with Gasteiger partial charge in [0.05, 0.1) is 5.52 Å². The van der Waals surface area contributed by atoms with E-state index in [4.69, 9.17) is 5.73 Å². The molecule has 0 aliphatic carbocycles. The SMILES string of the molecule is Cc1cc(N(C)C)nc2cc(CN)ccc12. The largest absolute Gasteiger partial charge is 0.363 e. The molecule has 0 fully saturated rings. The van der Waals surface area contributed by atoms with E-state index >= 15 is 0 Å². The maximum absolute atomic E-state index is 5.64. The number of aryl methyl sites for hydroxylation is 1. The van der Waals surface area contributed by atoms with Crippen LogP contribution in [0.1, 0.15) is 11.1 Å². The summed E-state index contributed by atoms with van der Waals surface area (Å²) in [5.41, 5.74) is 9.03. The lowest BCUT2D eigenvalue weighted by Crippen LogP contribution is -2.11. The molecule has 0 radical (unpaired) electrons. The van der Waals surface area contributed by atoms with Crippen LogP contribution in [-0.4, -0.2) is 19.1 Å². The fourth-order valence-corrected chi connectivity index (χ4v) is 1.79. The number of nitrogens with two attached hydrogens (primary N) is 1. The summed E-state index contributed by atoms with van der Waals surface area (Å²) in [4.78, 5) is 6.63. The topological polar surface area (TPSA) is 42.2 Å². The molecule has 2 N–H and O–H groups in total. The number of rotatable bonds is 2. The quantitative estimate of drug-likeness (QED) is 0.834. The highest BCUT2D eigenvalue weighted by Crippen LogP contribution is 2.22. The van der Waals surface area contributed by atoms with Crippen molar-refractivity contribution in [2.24, 2.45) is 5.73 Å². The molecular formula is C13H17N3. The van der Waals surface area contributed by atoms with Gasteiger partial charge in [-0.25, -0.2) is 4.98 Å². The molecule has 0 unspecified atom stereocenters. The first-order valence-corrected chi connectivity index (χ1v) is 5.39. The second-order valence-electron chi connectivity index (χ2n) is 4.25. The summed E-state index contributed by atoms with van der Waals surface area (Å²) in [5.74, 6) is 0.985. The van der Waals surface area contributed by atoms with E-state index in [1.807, 2.05) is 19.0 Å². The number of aromatic nitrogens is 1. The first-order valence-electron chi connectivity index (χ1n) is 5.39. The molecule has 0 atom stereocenters. The number of anilines is 1. The van der Waals surface area contributed by atoms with Gasteiger partial charge in [-0.15, -0.1) is 0 Å². The molecule has 0 saturated heterocycles. The molecule has 84 valence electrons. The predicted octanol–water partition coefficient (Wildman–Crippen LogP) is 2.07. The predicted molar refractivity (Wildman–Crippen MR) is 68.7 cm³/mol. The Bertz CT molecular complexity index is 518. The lowest BCUT2D eigenvalue weighted by atomic mass is 10.1. The number of nitrogens with zero attached hydrogens (tertiary/aromatic N) is 2. The molecule has 0 saturated carbocycles. The van der Waals surface area contributed by atoms with Gasteiger partial charge in [-0.1, -0.05) is 12.1 Å². The Labute approximate surface area is 95.9 Å². The zero-order chi connectivity index (χ0) is 11.7. The molecule has 1 aromatic heterocycles. The monoisotopic (exact) mass is 215 g/mol. The summed E-state index contributed by atoms with van der Waals surface area (Å²) in [5, 5.41) is 1.20. The van der Waals surface area contributed by atoms with Gasteiger partial charge in [0.15, 0.2) is 0 Å². The maximum atomic E-state index is 5.64. The van der Waals surface area contributed by atoms with Gasteiger partial charge in [0.1, 0.15) is 5.82 Å². The molecule has 0 amide bonds. The number of hydrogen-bond donors (Lipinski definition) is 1. The maximum Gasteiger partial charge on any atom is 0.128 e. The van der Waals surface area contributed by atoms with Gasteiger partial charge in [-0.2, -0.15) is 0 Å². The van der Waals surface area contributed by atoms with Crippen LogP contribution in [0.5, 0.6) is 0 Å². The van der Waals surface area contributed by atoms with Crippen LogP contribution in [0, 0.1) is 6.92 Å². The van der Waals surface area contributed by atoms with Crippen LogP contribution in [0.4, 0.5) is 5.82 Å². The van der Waals surface area contributed by atoms with Crippen molar-refractivity contribution in [3.05, 3.63) is 35.4 Å². The molecule has 1 heterocycles. The Morgan fingerprint density at radius 2 is 2.00 bits per heavy atom. The Morgan fingerprint density at radius 1 is 1.25 bits per heavy atom. The Morgan fingerprint density at radius 3 is 2.62 bits per heavy atom. The molecule has 2 aromatic rings. The van der Waals surface area contributed by atoms with E-state index in [0.717, 1.165) is 16.9 Å². The van der Waals surface area contributed by atoms with Crippen LogP contribution in [-0.2, 0) is 6.54 Å². The van der Waals surface area contributed by atoms with E-state index in [1.54, 1.807) is 0 Å². The summed E-state index contributed by atoms with van der Waals surface area (Å²) in [6.07, 6.45) is 0. The van der Waals surface area contributed by atoms with Gasteiger partial charge in [-0.05, 0) is 30.2 Å². The van der Waals surface area contributed by atoms with Crippen LogP contribution in [0.3, 0.4) is 0 Å². The van der Waals surface area contributed by atoms with Gasteiger partial charge < -0.3 is 10.6 Å².